The topological polar surface area (TPSA) is 102 Å². The number of benzene rings is 3. The van der Waals surface area contributed by atoms with Crippen molar-refractivity contribution in [3.05, 3.63) is 83.4 Å². The van der Waals surface area contributed by atoms with Crippen molar-refractivity contribution >= 4 is 27.6 Å². The maximum atomic E-state index is 12.9. The van der Waals surface area contributed by atoms with E-state index in [4.69, 9.17) is 8.92 Å². The van der Waals surface area contributed by atoms with Crippen molar-refractivity contribution in [2.45, 2.75) is 25.7 Å². The molecule has 0 aromatic heterocycles. The summed E-state index contributed by atoms with van der Waals surface area (Å²) in [6.07, 6.45) is 0. The van der Waals surface area contributed by atoms with Crippen LogP contribution in [-0.4, -0.2) is 45.3 Å². The predicted molar refractivity (Wildman–Crippen MR) is 133 cm³/mol. The van der Waals surface area contributed by atoms with Crippen molar-refractivity contribution in [3.8, 4) is 11.5 Å². The van der Waals surface area contributed by atoms with E-state index in [0.717, 1.165) is 5.56 Å². The van der Waals surface area contributed by atoms with E-state index in [-0.39, 0.29) is 29.0 Å². The number of methoxy groups -OCH3 is 1. The standard InChI is InChI=1S/C26H28N2O6S/c1-5-28(17-25(29)27-21-7-6-8-23(16-21)33-4)26(30)20-11-13-22(14-12-20)34-35(31,32)24-15-18(2)9-10-19(24)3/h6-16H,5,17H2,1-4H3,(H,27,29). The number of hydrogen-bond donors (Lipinski definition) is 1. The van der Waals surface area contributed by atoms with Crippen LogP contribution >= 0.6 is 0 Å². The highest BCUT2D eigenvalue weighted by Crippen LogP contribution is 2.23. The zero-order chi connectivity index (χ0) is 25.6. The molecule has 0 bridgehead atoms. The van der Waals surface area contributed by atoms with Crippen LogP contribution in [-0.2, 0) is 14.9 Å². The summed E-state index contributed by atoms with van der Waals surface area (Å²) in [6, 6.07) is 17.8. The Morgan fingerprint density at radius 1 is 0.943 bits per heavy atom. The summed E-state index contributed by atoms with van der Waals surface area (Å²) in [5.74, 6) is -0.0281. The third-order valence-electron chi connectivity index (χ3n) is 5.28. The molecule has 0 saturated heterocycles. The Balaban J connectivity index is 1.67. The van der Waals surface area contributed by atoms with Gasteiger partial charge < -0.3 is 19.1 Å². The first-order chi connectivity index (χ1) is 16.6. The van der Waals surface area contributed by atoms with Gasteiger partial charge in [-0.15, -0.1) is 0 Å². The van der Waals surface area contributed by atoms with E-state index in [2.05, 4.69) is 5.32 Å². The molecule has 0 fully saturated rings. The molecule has 0 atom stereocenters. The molecule has 9 heteroatoms. The molecule has 2 amide bonds. The number of anilines is 1. The molecule has 184 valence electrons. The number of carbonyl (C=O) groups excluding carboxylic acids is 2. The van der Waals surface area contributed by atoms with Crippen LogP contribution in [0.25, 0.3) is 0 Å². The van der Waals surface area contributed by atoms with Crippen LogP contribution in [0.2, 0.25) is 0 Å². The first-order valence-electron chi connectivity index (χ1n) is 11.0. The number of rotatable bonds is 9. The molecule has 0 aliphatic heterocycles. The number of aryl methyl sites for hydroxylation is 2. The Kier molecular flexibility index (Phi) is 8.14. The average Bonchev–Trinajstić information content (AvgIpc) is 2.84. The van der Waals surface area contributed by atoms with Gasteiger partial charge in [-0.25, -0.2) is 0 Å². The zero-order valence-electron chi connectivity index (χ0n) is 20.1. The molecule has 0 radical (unpaired) electrons. The molecule has 1 N–H and O–H groups in total. The Morgan fingerprint density at radius 3 is 2.31 bits per heavy atom. The Labute approximate surface area is 205 Å². The van der Waals surface area contributed by atoms with E-state index in [1.807, 2.05) is 6.07 Å². The third kappa shape index (κ3) is 6.60. The summed E-state index contributed by atoms with van der Waals surface area (Å²) in [5.41, 5.74) is 2.24. The molecule has 3 aromatic carbocycles. The zero-order valence-corrected chi connectivity index (χ0v) is 20.9. The highest BCUT2D eigenvalue weighted by atomic mass is 32.2. The second-order valence-corrected chi connectivity index (χ2v) is 9.44. The highest BCUT2D eigenvalue weighted by molar-refractivity contribution is 7.87. The summed E-state index contributed by atoms with van der Waals surface area (Å²) in [4.78, 5) is 26.9. The van der Waals surface area contributed by atoms with Crippen molar-refractivity contribution < 1.29 is 26.9 Å². The Bertz CT molecular complexity index is 1320. The van der Waals surface area contributed by atoms with E-state index in [9.17, 15) is 18.0 Å². The molecular formula is C26H28N2O6S. The number of nitrogens with one attached hydrogen (secondary N) is 1. The van der Waals surface area contributed by atoms with Crippen LogP contribution in [0.5, 0.6) is 11.5 Å². The number of amides is 2. The van der Waals surface area contributed by atoms with Crippen LogP contribution in [0.4, 0.5) is 5.69 Å². The molecule has 0 heterocycles. The largest absolute Gasteiger partial charge is 0.497 e. The third-order valence-corrected chi connectivity index (χ3v) is 6.67. The second-order valence-electron chi connectivity index (χ2n) is 7.93. The highest BCUT2D eigenvalue weighted by Gasteiger charge is 2.21. The Morgan fingerprint density at radius 2 is 1.66 bits per heavy atom. The summed E-state index contributed by atoms with van der Waals surface area (Å²) in [5, 5.41) is 2.75. The molecule has 0 aliphatic carbocycles. The second kappa shape index (κ2) is 11.1. The van der Waals surface area contributed by atoms with Gasteiger partial charge in [-0.2, -0.15) is 8.42 Å². The van der Waals surface area contributed by atoms with Gasteiger partial charge in [-0.1, -0.05) is 18.2 Å². The van der Waals surface area contributed by atoms with Crippen molar-refractivity contribution in [1.29, 1.82) is 0 Å². The number of hydrogen-bond acceptors (Lipinski definition) is 6. The minimum Gasteiger partial charge on any atom is -0.497 e. The van der Waals surface area contributed by atoms with E-state index >= 15 is 0 Å². The van der Waals surface area contributed by atoms with Crippen LogP contribution in [0, 0.1) is 13.8 Å². The molecule has 0 saturated carbocycles. The quantitative estimate of drug-likeness (QED) is 0.446. The number of nitrogens with zero attached hydrogens (tertiary/aromatic N) is 1. The lowest BCUT2D eigenvalue weighted by Crippen LogP contribution is -2.37. The van der Waals surface area contributed by atoms with Gasteiger partial charge in [0.2, 0.25) is 5.91 Å². The predicted octanol–water partition coefficient (Wildman–Crippen LogP) is 4.18. The maximum absolute atomic E-state index is 12.9. The van der Waals surface area contributed by atoms with Gasteiger partial charge >= 0.3 is 10.1 Å². The van der Waals surface area contributed by atoms with Gasteiger partial charge in [0.15, 0.2) is 0 Å². The summed E-state index contributed by atoms with van der Waals surface area (Å²) < 4.78 is 35.8. The fraction of sp³-hybridized carbons (Fsp3) is 0.231. The summed E-state index contributed by atoms with van der Waals surface area (Å²) >= 11 is 0. The number of carbonyl (C=O) groups is 2. The molecule has 35 heavy (non-hydrogen) atoms. The minimum absolute atomic E-state index is 0.0845. The van der Waals surface area contributed by atoms with Crippen LogP contribution < -0.4 is 14.2 Å². The van der Waals surface area contributed by atoms with E-state index in [1.165, 1.54) is 36.3 Å². The lowest BCUT2D eigenvalue weighted by molar-refractivity contribution is -0.116. The van der Waals surface area contributed by atoms with E-state index < -0.39 is 10.1 Å². The van der Waals surface area contributed by atoms with Gasteiger partial charge in [0, 0.05) is 23.9 Å². The maximum Gasteiger partial charge on any atom is 0.339 e. The van der Waals surface area contributed by atoms with Gasteiger partial charge in [-0.3, -0.25) is 9.59 Å². The molecular weight excluding hydrogens is 468 g/mol. The number of likely N-dealkylation sites (N-methyl/N-ethyl adjacent to an activating group) is 1. The lowest BCUT2D eigenvalue weighted by atomic mass is 10.2. The molecule has 0 unspecified atom stereocenters. The molecule has 0 aliphatic rings. The number of ether oxygens (including phenoxy) is 1. The first-order valence-corrected chi connectivity index (χ1v) is 12.4. The van der Waals surface area contributed by atoms with Crippen molar-refractivity contribution in [3.63, 3.8) is 0 Å². The minimum atomic E-state index is -4.03. The molecule has 0 spiro atoms. The SMILES string of the molecule is CCN(CC(=O)Nc1cccc(OC)c1)C(=O)c1ccc(OS(=O)(=O)c2cc(C)ccc2C)cc1. The van der Waals surface area contributed by atoms with Crippen molar-refractivity contribution in [2.24, 2.45) is 0 Å². The Hall–Kier alpha value is -3.85. The molecule has 3 aromatic rings. The summed E-state index contributed by atoms with van der Waals surface area (Å²) in [7, 11) is -2.49. The molecule has 8 nitrogen and oxygen atoms in total. The fourth-order valence-electron chi connectivity index (χ4n) is 3.39. The summed E-state index contributed by atoms with van der Waals surface area (Å²) in [6.45, 7) is 5.43. The van der Waals surface area contributed by atoms with Crippen LogP contribution in [0.3, 0.4) is 0 Å². The van der Waals surface area contributed by atoms with Gasteiger partial charge in [0.05, 0.1) is 7.11 Å². The van der Waals surface area contributed by atoms with Crippen molar-refractivity contribution in [2.75, 3.05) is 25.5 Å². The average molecular weight is 497 g/mol. The lowest BCUT2D eigenvalue weighted by Gasteiger charge is -2.20. The van der Waals surface area contributed by atoms with E-state index in [1.54, 1.807) is 57.2 Å². The van der Waals surface area contributed by atoms with Gasteiger partial charge in [-0.05, 0) is 74.4 Å². The first kappa shape index (κ1) is 25.8. The van der Waals surface area contributed by atoms with Crippen molar-refractivity contribution in [1.82, 2.24) is 4.90 Å². The fourth-order valence-corrected chi connectivity index (χ4v) is 4.63. The van der Waals surface area contributed by atoms with Gasteiger partial charge in [0.1, 0.15) is 22.9 Å². The van der Waals surface area contributed by atoms with E-state index in [0.29, 0.717) is 29.1 Å². The van der Waals surface area contributed by atoms with Gasteiger partial charge in [0.25, 0.3) is 5.91 Å². The smallest absolute Gasteiger partial charge is 0.339 e. The monoisotopic (exact) mass is 496 g/mol. The molecule has 3 rings (SSSR count). The van der Waals surface area contributed by atoms with Crippen LogP contribution in [0.1, 0.15) is 28.4 Å². The van der Waals surface area contributed by atoms with Crippen LogP contribution in [0.15, 0.2) is 71.6 Å². The normalized spacial score (nSPS) is 11.0.